The highest BCUT2D eigenvalue weighted by atomic mass is 33.1. The van der Waals surface area contributed by atoms with E-state index in [9.17, 15) is 0 Å². The molecule has 0 atom stereocenters. The molecule has 0 aliphatic heterocycles. The van der Waals surface area contributed by atoms with Gasteiger partial charge in [0, 0.05) is 0 Å². The molecule has 0 aromatic carbocycles. The molecule has 1 nitrogen and oxygen atoms in total. The molecule has 0 aromatic rings. The van der Waals surface area contributed by atoms with Crippen molar-refractivity contribution < 1.29 is 0 Å². The molecular weight excluding hydrogens is 170 g/mol. The Morgan fingerprint density at radius 3 is 2.00 bits per heavy atom. The molecule has 0 heterocycles. The molecule has 0 unspecified atom stereocenters. The first-order chi connectivity index (χ1) is 4.00. The predicted octanol–water partition coefficient (Wildman–Crippen LogP) is 0.526. The molecule has 0 spiro atoms. The monoisotopic (exact) mass is 182 g/mol. The molecule has 0 saturated heterocycles. The maximum atomic E-state index is 4.98. The first-order valence-corrected chi connectivity index (χ1v) is 5.82. The molecular formula is C5H12NS3-. The van der Waals surface area contributed by atoms with Crippen molar-refractivity contribution in [1.82, 2.24) is 5.32 Å². The lowest BCUT2D eigenvalue weighted by Gasteiger charge is -2.29. The molecule has 56 valence electrons. The van der Waals surface area contributed by atoms with E-state index in [1.165, 1.54) is 0 Å². The predicted molar refractivity (Wildman–Crippen MR) is 50.1 cm³/mol. The van der Waals surface area contributed by atoms with Crippen LogP contribution in [0.2, 0.25) is 0 Å². The van der Waals surface area contributed by atoms with E-state index in [1.807, 2.05) is 7.05 Å². The summed E-state index contributed by atoms with van der Waals surface area (Å²) < 4.78 is 0.0966. The molecule has 0 aliphatic carbocycles. The Labute approximate surface area is 68.1 Å². The minimum atomic E-state index is -0.322. The molecule has 0 bridgehead atoms. The van der Waals surface area contributed by atoms with Gasteiger partial charge in [0.2, 0.25) is 0 Å². The summed E-state index contributed by atoms with van der Waals surface area (Å²) in [6, 6.07) is 0. The van der Waals surface area contributed by atoms with Gasteiger partial charge in [-0.2, -0.15) is 0 Å². The van der Waals surface area contributed by atoms with E-state index in [1.54, 1.807) is 0 Å². The van der Waals surface area contributed by atoms with Crippen LogP contribution < -0.4 is 5.32 Å². The van der Waals surface area contributed by atoms with Gasteiger partial charge in [0.15, 0.2) is 0 Å². The average Bonchev–Trinajstić information content (AvgIpc) is 1.65. The SMILES string of the molecule is CNCC(C)(C)[S-](=S)=S. The zero-order valence-corrected chi connectivity index (χ0v) is 8.38. The van der Waals surface area contributed by atoms with Gasteiger partial charge in [0.25, 0.3) is 0 Å². The molecule has 0 aliphatic rings. The normalized spacial score (nSPS) is 12.4. The Bertz CT molecular complexity index is 140. The molecule has 0 amide bonds. The second kappa shape index (κ2) is 3.81. The van der Waals surface area contributed by atoms with Gasteiger partial charge >= 0.3 is 0 Å². The summed E-state index contributed by atoms with van der Waals surface area (Å²) in [7, 11) is 1.59. The molecule has 0 rings (SSSR count). The number of hydrogen-bond donors (Lipinski definition) is 1. The summed E-state index contributed by atoms with van der Waals surface area (Å²) >= 11 is 9.97. The Kier molecular flexibility index (Phi) is 4.12. The number of hydrogen-bond acceptors (Lipinski definition) is 4. The van der Waals surface area contributed by atoms with Crippen LogP contribution in [0.3, 0.4) is 0 Å². The van der Waals surface area contributed by atoms with Gasteiger partial charge in [-0.15, -0.1) is 0 Å². The Morgan fingerprint density at radius 2 is 1.89 bits per heavy atom. The van der Waals surface area contributed by atoms with Crippen LogP contribution in [-0.4, -0.2) is 18.3 Å². The van der Waals surface area contributed by atoms with Crippen LogP contribution in [0.4, 0.5) is 0 Å². The minimum Gasteiger partial charge on any atom is -0.340 e. The van der Waals surface area contributed by atoms with Crippen LogP contribution in [0.1, 0.15) is 13.8 Å². The lowest BCUT2D eigenvalue weighted by atomic mass is 10.2. The third kappa shape index (κ3) is 3.45. The summed E-state index contributed by atoms with van der Waals surface area (Å²) in [5, 5.41) is 3.06. The zero-order chi connectivity index (χ0) is 7.49. The largest absolute Gasteiger partial charge is 0.340 e. The second-order valence-corrected chi connectivity index (χ2v) is 6.73. The molecule has 0 aromatic heterocycles. The first kappa shape index (κ1) is 9.75. The number of rotatable bonds is 3. The number of nitrogens with one attached hydrogen (secondary N) is 1. The van der Waals surface area contributed by atoms with Gasteiger partial charge in [-0.25, -0.2) is 0 Å². The fourth-order valence-corrected chi connectivity index (χ4v) is 1.10. The van der Waals surface area contributed by atoms with Gasteiger partial charge in [0.1, 0.15) is 0 Å². The van der Waals surface area contributed by atoms with Crippen molar-refractivity contribution in [2.45, 2.75) is 18.6 Å². The van der Waals surface area contributed by atoms with Crippen molar-refractivity contribution in [3.63, 3.8) is 0 Å². The van der Waals surface area contributed by atoms with Crippen LogP contribution in [0.25, 0.3) is 0 Å². The maximum Gasteiger partial charge on any atom is -0.0165 e. The fraction of sp³-hybridized carbons (Fsp3) is 1.00. The van der Waals surface area contributed by atoms with E-state index in [0.717, 1.165) is 6.54 Å². The van der Waals surface area contributed by atoms with E-state index >= 15 is 0 Å². The van der Waals surface area contributed by atoms with Crippen molar-refractivity contribution in [2.75, 3.05) is 13.6 Å². The van der Waals surface area contributed by atoms with E-state index < -0.39 is 0 Å². The molecule has 4 heteroatoms. The highest BCUT2D eigenvalue weighted by Crippen LogP contribution is 2.05. The van der Waals surface area contributed by atoms with Crippen molar-refractivity contribution in [3.8, 4) is 0 Å². The lowest BCUT2D eigenvalue weighted by Crippen LogP contribution is -2.33. The second-order valence-electron chi connectivity index (χ2n) is 2.52. The maximum absolute atomic E-state index is 4.98. The van der Waals surface area contributed by atoms with E-state index in [-0.39, 0.29) is 12.8 Å². The van der Waals surface area contributed by atoms with Gasteiger partial charge in [-0.05, 0) is 13.6 Å². The van der Waals surface area contributed by atoms with Crippen LogP contribution in [0, 0.1) is 0 Å². The third-order valence-corrected chi connectivity index (χ3v) is 4.81. The smallest absolute Gasteiger partial charge is 0.0165 e. The summed E-state index contributed by atoms with van der Waals surface area (Å²) in [6.45, 7) is 5.09. The van der Waals surface area contributed by atoms with Crippen molar-refractivity contribution >= 4 is 30.4 Å². The van der Waals surface area contributed by atoms with E-state index in [4.69, 9.17) is 22.4 Å². The summed E-state index contributed by atoms with van der Waals surface area (Å²) in [5.74, 6) is 0. The fourth-order valence-electron chi connectivity index (χ4n) is 0.485. The molecule has 1 N–H and O–H groups in total. The quantitative estimate of drug-likeness (QED) is 0.639. The van der Waals surface area contributed by atoms with Gasteiger partial charge in [0.05, 0.1) is 0 Å². The van der Waals surface area contributed by atoms with Crippen LogP contribution >= 0.6 is 0 Å². The van der Waals surface area contributed by atoms with E-state index in [2.05, 4.69) is 19.2 Å². The minimum absolute atomic E-state index is 0.0966. The average molecular weight is 182 g/mol. The van der Waals surface area contributed by atoms with Crippen LogP contribution in [0.15, 0.2) is 0 Å². The molecule has 0 fully saturated rings. The molecule has 9 heavy (non-hydrogen) atoms. The lowest BCUT2D eigenvalue weighted by molar-refractivity contribution is 0.644. The topological polar surface area (TPSA) is 12.0 Å². The van der Waals surface area contributed by atoms with E-state index in [0.29, 0.717) is 0 Å². The van der Waals surface area contributed by atoms with Crippen molar-refractivity contribution in [2.24, 2.45) is 0 Å². The Hall–Kier alpha value is 0.750. The van der Waals surface area contributed by atoms with Crippen molar-refractivity contribution in [1.29, 1.82) is 0 Å². The summed E-state index contributed by atoms with van der Waals surface area (Å²) in [5.41, 5.74) is 0. The van der Waals surface area contributed by atoms with Crippen LogP contribution in [-0.2, 0) is 30.4 Å². The first-order valence-electron chi connectivity index (χ1n) is 2.74. The summed E-state index contributed by atoms with van der Waals surface area (Å²) in [4.78, 5) is 0. The summed E-state index contributed by atoms with van der Waals surface area (Å²) in [6.07, 6.45) is 0. The highest BCUT2D eigenvalue weighted by molar-refractivity contribution is 8.47. The third-order valence-electron chi connectivity index (χ3n) is 1.05. The zero-order valence-electron chi connectivity index (χ0n) is 5.93. The highest BCUT2D eigenvalue weighted by Gasteiger charge is 2.04. The van der Waals surface area contributed by atoms with Crippen molar-refractivity contribution in [3.05, 3.63) is 0 Å². The van der Waals surface area contributed by atoms with Gasteiger partial charge in [-0.1, -0.05) is 18.6 Å². The standard InChI is InChI=1S/C5H12NS3/c1-5(2,4-6-3)9(7)8/h6H,4H2,1-3H3/q-1. The Morgan fingerprint density at radius 1 is 1.44 bits per heavy atom. The van der Waals surface area contributed by atoms with Gasteiger partial charge in [-0.3, -0.25) is 22.4 Å². The molecule has 0 saturated carbocycles. The molecule has 0 radical (unpaired) electrons. The van der Waals surface area contributed by atoms with Crippen LogP contribution in [0.5, 0.6) is 0 Å². The van der Waals surface area contributed by atoms with Gasteiger partial charge < -0.3 is 13.3 Å². The Balaban J connectivity index is 4.02.